The zero-order valence-corrected chi connectivity index (χ0v) is 25.4. The Hall–Kier alpha value is -4.18. The number of imidazole rings is 1. The highest BCUT2D eigenvalue weighted by Crippen LogP contribution is 2.58. The number of nitrogen functional groups attached to an aromatic ring is 1. The number of benzene rings is 1. The second-order valence-electron chi connectivity index (χ2n) is 10.8. The van der Waals surface area contributed by atoms with Crippen molar-refractivity contribution >= 4 is 40.5 Å². The molecular formula is C29H30ClFN6O8. The highest BCUT2D eigenvalue weighted by molar-refractivity contribution is 6.28. The minimum absolute atomic E-state index is 0.0179. The van der Waals surface area contributed by atoms with Crippen molar-refractivity contribution in [3.63, 3.8) is 0 Å². The summed E-state index contributed by atoms with van der Waals surface area (Å²) in [7, 11) is 0. The van der Waals surface area contributed by atoms with Gasteiger partial charge in [0.25, 0.3) is 5.60 Å². The zero-order chi connectivity index (χ0) is 32.3. The van der Waals surface area contributed by atoms with E-state index in [9.17, 15) is 14.7 Å². The van der Waals surface area contributed by atoms with Crippen LogP contribution in [0, 0.1) is 13.8 Å². The molecule has 3 N–H and O–H groups in total. The third-order valence-electron chi connectivity index (χ3n) is 8.02. The molecule has 0 radical (unpaired) electrons. The molecule has 0 spiro atoms. The second kappa shape index (κ2) is 11.3. The minimum atomic E-state index is -2.39. The van der Waals surface area contributed by atoms with Crippen molar-refractivity contribution in [2.24, 2.45) is 0 Å². The van der Waals surface area contributed by atoms with Crippen LogP contribution in [0.1, 0.15) is 37.1 Å². The third-order valence-corrected chi connectivity index (χ3v) is 8.19. The summed E-state index contributed by atoms with van der Waals surface area (Å²) in [6.45, 7) is 6.56. The molecule has 5 atom stereocenters. The molecule has 45 heavy (non-hydrogen) atoms. The highest BCUT2D eigenvalue weighted by atomic mass is 35.5. The fourth-order valence-electron chi connectivity index (χ4n) is 5.78. The molecule has 16 heteroatoms. The maximum atomic E-state index is 16.0. The van der Waals surface area contributed by atoms with Crippen LogP contribution in [-0.4, -0.2) is 84.5 Å². The number of hydrogen-bond acceptors (Lipinski definition) is 13. The molecule has 1 unspecified atom stereocenters. The number of carbonyl (C=O) groups excluding carboxylic acids is 2. The number of fused-ring (bicyclic) bond motifs is 2. The van der Waals surface area contributed by atoms with Gasteiger partial charge in [-0.2, -0.15) is 9.97 Å². The van der Waals surface area contributed by atoms with Gasteiger partial charge in [0.05, 0.1) is 25.2 Å². The summed E-state index contributed by atoms with van der Waals surface area (Å²) < 4.78 is 45.0. The van der Waals surface area contributed by atoms with E-state index < -0.39 is 47.7 Å². The van der Waals surface area contributed by atoms with Crippen molar-refractivity contribution < 1.29 is 42.6 Å². The number of nitrogens with zero attached hydrogens (tertiary/aromatic N) is 5. The Balaban J connectivity index is 1.30. The van der Waals surface area contributed by atoms with E-state index in [0.29, 0.717) is 17.0 Å². The van der Waals surface area contributed by atoms with Crippen LogP contribution in [0.25, 0.3) is 22.3 Å². The van der Waals surface area contributed by atoms with Crippen LogP contribution >= 0.6 is 11.6 Å². The average Bonchev–Trinajstić information content (AvgIpc) is 3.32. The number of alkyl halides is 1. The molecule has 14 nitrogen and oxygen atoms in total. The Morgan fingerprint density at radius 2 is 1.82 bits per heavy atom. The van der Waals surface area contributed by atoms with Crippen LogP contribution in [0.4, 0.5) is 10.2 Å². The first-order chi connectivity index (χ1) is 21.5. The standard InChI is InChI=1S/C29H30ClFN6O8/c1-5-41-25(38)28(26(39)42-6-2,11-15-7-9-16(10-8-15)17-13(3)36-45-14(17)4)44-21-20-29(21,40)19(31)24(43-20)37-12-33-18-22(32)34-27(30)35-23(18)37/h7-10,12,19-21,24,40H,5-6,11H2,1-4H3,(H2,32,34,35)/t19-,20-,21?,24-,29+/m1/s1. The monoisotopic (exact) mass is 644 g/mol. The van der Waals surface area contributed by atoms with E-state index in [4.69, 9.17) is 40.8 Å². The van der Waals surface area contributed by atoms with Gasteiger partial charge in [0.15, 0.2) is 29.5 Å². The number of rotatable bonds is 10. The first kappa shape index (κ1) is 30.8. The van der Waals surface area contributed by atoms with Gasteiger partial charge in [0, 0.05) is 12.0 Å². The van der Waals surface area contributed by atoms with Gasteiger partial charge in [-0.15, -0.1) is 0 Å². The molecule has 1 aliphatic heterocycles. The Kier molecular flexibility index (Phi) is 7.75. The Morgan fingerprint density at radius 1 is 1.16 bits per heavy atom. The van der Waals surface area contributed by atoms with E-state index in [-0.39, 0.29) is 41.9 Å². The first-order valence-electron chi connectivity index (χ1n) is 14.2. The summed E-state index contributed by atoms with van der Waals surface area (Å²) in [6, 6.07) is 6.97. The van der Waals surface area contributed by atoms with Crippen LogP contribution in [0.15, 0.2) is 35.1 Å². The molecule has 4 aromatic rings. The highest BCUT2D eigenvalue weighted by Gasteiger charge is 2.80. The van der Waals surface area contributed by atoms with Gasteiger partial charge in [0.2, 0.25) is 5.28 Å². The first-order valence-corrected chi connectivity index (χ1v) is 14.6. The van der Waals surface area contributed by atoms with Gasteiger partial charge >= 0.3 is 11.9 Å². The average molecular weight is 645 g/mol. The van der Waals surface area contributed by atoms with Crippen LogP contribution in [0.5, 0.6) is 0 Å². The second-order valence-corrected chi connectivity index (χ2v) is 11.2. The van der Waals surface area contributed by atoms with Crippen molar-refractivity contribution in [2.45, 2.75) is 69.9 Å². The van der Waals surface area contributed by atoms with Crippen LogP contribution in [0.2, 0.25) is 5.28 Å². The number of ether oxygens (including phenoxy) is 4. The fraction of sp³-hybridized carbons (Fsp3) is 0.448. The van der Waals surface area contributed by atoms with Crippen LogP contribution in [-0.2, 0) is 35.0 Å². The van der Waals surface area contributed by atoms with Gasteiger partial charge in [-0.05, 0) is 50.4 Å². The zero-order valence-electron chi connectivity index (χ0n) is 24.7. The summed E-state index contributed by atoms with van der Waals surface area (Å²) >= 11 is 5.94. The smallest absolute Gasteiger partial charge is 0.350 e. The van der Waals surface area contributed by atoms with Crippen molar-refractivity contribution in [2.75, 3.05) is 18.9 Å². The summed E-state index contributed by atoms with van der Waals surface area (Å²) in [5, 5.41) is 15.2. The lowest BCUT2D eigenvalue weighted by atomic mass is 9.92. The Morgan fingerprint density at radius 3 is 2.38 bits per heavy atom. The van der Waals surface area contributed by atoms with Crippen LogP contribution in [0.3, 0.4) is 0 Å². The summed E-state index contributed by atoms with van der Waals surface area (Å²) in [5.74, 6) is -1.50. The van der Waals surface area contributed by atoms with E-state index in [1.54, 1.807) is 45.0 Å². The lowest BCUT2D eigenvalue weighted by Gasteiger charge is -2.31. The van der Waals surface area contributed by atoms with Crippen molar-refractivity contribution in [1.82, 2.24) is 24.7 Å². The molecule has 1 aromatic carbocycles. The van der Waals surface area contributed by atoms with Gasteiger partial charge in [-0.3, -0.25) is 4.57 Å². The fourth-order valence-corrected chi connectivity index (χ4v) is 5.95. The number of nitrogens with two attached hydrogens (primary N) is 1. The maximum absolute atomic E-state index is 16.0. The van der Waals surface area contributed by atoms with Gasteiger partial charge in [0.1, 0.15) is 23.5 Å². The molecule has 1 aliphatic carbocycles. The number of halogens is 2. The number of aryl methyl sites for hydroxylation is 2. The van der Waals surface area contributed by atoms with Gasteiger partial charge in [-0.1, -0.05) is 29.4 Å². The number of esters is 2. The summed E-state index contributed by atoms with van der Waals surface area (Å²) in [4.78, 5) is 39.1. The number of aromatic nitrogens is 5. The van der Waals surface area contributed by atoms with E-state index >= 15 is 4.39 Å². The third kappa shape index (κ3) is 4.90. The maximum Gasteiger partial charge on any atom is 0.350 e. The SMILES string of the molecule is CCOC(=O)C(Cc1ccc(-c2c(C)noc2C)cc1)(OC1[C@H]2O[C@@H](n3cnc4c(N)nc(Cl)nc43)[C@@H](F)[C@@]12O)C(=O)OCC. The summed E-state index contributed by atoms with van der Waals surface area (Å²) in [5.41, 5.74) is 4.31. The molecule has 0 amide bonds. The lowest BCUT2D eigenvalue weighted by Crippen LogP contribution is -2.55. The van der Waals surface area contributed by atoms with Crippen molar-refractivity contribution in [3.8, 4) is 11.1 Å². The molecule has 1 saturated heterocycles. The predicted molar refractivity (Wildman–Crippen MR) is 154 cm³/mol. The van der Waals surface area contributed by atoms with Crippen LogP contribution < -0.4 is 5.73 Å². The van der Waals surface area contributed by atoms with Crippen molar-refractivity contribution in [1.29, 1.82) is 0 Å². The molecule has 6 rings (SSSR count). The molecule has 2 aliphatic rings. The minimum Gasteiger partial charge on any atom is -0.463 e. The normalized spacial score (nSPS) is 24.1. The molecule has 3 aromatic heterocycles. The van der Waals surface area contributed by atoms with Gasteiger partial charge in [-0.25, -0.2) is 19.0 Å². The molecular weight excluding hydrogens is 615 g/mol. The largest absolute Gasteiger partial charge is 0.463 e. The molecule has 4 heterocycles. The molecule has 238 valence electrons. The Labute approximate surface area is 260 Å². The van der Waals surface area contributed by atoms with E-state index in [1.165, 1.54) is 10.9 Å². The molecule has 2 fully saturated rings. The lowest BCUT2D eigenvalue weighted by molar-refractivity contribution is -0.201. The number of anilines is 1. The van der Waals surface area contributed by atoms with E-state index in [0.717, 1.165) is 11.1 Å². The van der Waals surface area contributed by atoms with E-state index in [1.807, 2.05) is 6.92 Å². The van der Waals surface area contributed by atoms with Gasteiger partial charge < -0.3 is 34.3 Å². The number of aliphatic hydroxyl groups is 1. The van der Waals surface area contributed by atoms with E-state index in [2.05, 4.69) is 20.1 Å². The molecule has 0 bridgehead atoms. The number of hydrogen-bond donors (Lipinski definition) is 2. The topological polar surface area (TPSA) is 187 Å². The quantitative estimate of drug-likeness (QED) is 0.146. The Bertz CT molecular complexity index is 1740. The predicted octanol–water partition coefficient (Wildman–Crippen LogP) is 2.81. The van der Waals surface area contributed by atoms with Crippen molar-refractivity contribution in [3.05, 3.63) is 52.9 Å². The summed E-state index contributed by atoms with van der Waals surface area (Å²) in [6.07, 6.45) is -5.30. The number of carbonyl (C=O) groups is 2. The molecule has 1 saturated carbocycles.